The first-order valence-corrected chi connectivity index (χ1v) is 11.3. The van der Waals surface area contributed by atoms with Gasteiger partial charge in [0.05, 0.1) is 11.8 Å². The van der Waals surface area contributed by atoms with Gasteiger partial charge >= 0.3 is 0 Å². The second-order valence-electron chi connectivity index (χ2n) is 8.42. The molecule has 1 saturated heterocycles. The van der Waals surface area contributed by atoms with Crippen LogP contribution in [0.2, 0.25) is 5.02 Å². The Morgan fingerprint density at radius 3 is 2.24 bits per heavy atom. The quantitative estimate of drug-likeness (QED) is 0.464. The number of anilines is 2. The van der Waals surface area contributed by atoms with Crippen molar-refractivity contribution in [1.29, 1.82) is 0 Å². The predicted octanol–water partition coefficient (Wildman–Crippen LogP) is 4.44. The Bertz CT molecular complexity index is 1290. The second kappa shape index (κ2) is 7.71. The normalized spacial score (nSPS) is 23.7. The van der Waals surface area contributed by atoms with E-state index in [0.29, 0.717) is 23.8 Å². The van der Waals surface area contributed by atoms with Gasteiger partial charge in [-0.25, -0.2) is 9.58 Å². The lowest BCUT2D eigenvalue weighted by Crippen LogP contribution is -2.32. The molecule has 164 valence electrons. The maximum absolute atomic E-state index is 13.1. The summed E-state index contributed by atoms with van der Waals surface area (Å²) in [6, 6.07) is 17.2. The molecule has 33 heavy (non-hydrogen) atoms. The van der Waals surface area contributed by atoms with Crippen LogP contribution in [0.5, 0.6) is 0 Å². The standard InChI is InChI=1S/C25H20ClN5O2/c26-17-12-10-15(11-13-17)20-14-21(16-6-2-1-3-7-16)31-24(27-20)28-25(29-31)30-22(32)18-8-4-5-9-19(18)23(30)33/h1-7,10-14,18-19,21H,8-9H2,(H,27,28,29)/t18-,19-,21+/m1/s1. The summed E-state index contributed by atoms with van der Waals surface area (Å²) in [5, 5.41) is 8.60. The monoisotopic (exact) mass is 457 g/mol. The van der Waals surface area contributed by atoms with Gasteiger partial charge in [0.15, 0.2) is 0 Å². The number of benzene rings is 2. The van der Waals surface area contributed by atoms with E-state index in [1.54, 1.807) is 4.68 Å². The van der Waals surface area contributed by atoms with E-state index in [-0.39, 0.29) is 35.6 Å². The summed E-state index contributed by atoms with van der Waals surface area (Å²) in [4.78, 5) is 31.9. The van der Waals surface area contributed by atoms with Crippen LogP contribution < -0.4 is 10.2 Å². The van der Waals surface area contributed by atoms with Gasteiger partial charge in [-0.05, 0) is 42.2 Å². The topological polar surface area (TPSA) is 80.1 Å². The van der Waals surface area contributed by atoms with Crippen molar-refractivity contribution in [2.24, 2.45) is 11.8 Å². The molecule has 3 atom stereocenters. The zero-order valence-corrected chi connectivity index (χ0v) is 18.3. The molecule has 6 rings (SSSR count). The van der Waals surface area contributed by atoms with Gasteiger partial charge in [0.25, 0.3) is 5.95 Å². The first kappa shape index (κ1) is 19.9. The summed E-state index contributed by atoms with van der Waals surface area (Å²) in [6.07, 6.45) is 7.15. The van der Waals surface area contributed by atoms with Crippen LogP contribution in [0, 0.1) is 11.8 Å². The van der Waals surface area contributed by atoms with E-state index in [0.717, 1.165) is 16.8 Å². The molecule has 0 bridgehead atoms. The number of fused-ring (bicyclic) bond motifs is 2. The molecular formula is C25H20ClN5O2. The summed E-state index contributed by atoms with van der Waals surface area (Å²) in [5.41, 5.74) is 2.81. The van der Waals surface area contributed by atoms with Gasteiger partial charge in [-0.1, -0.05) is 66.2 Å². The summed E-state index contributed by atoms with van der Waals surface area (Å²) in [6.45, 7) is 0. The third kappa shape index (κ3) is 3.27. The number of hydrogen-bond donors (Lipinski definition) is 1. The first-order valence-electron chi connectivity index (χ1n) is 10.9. The lowest BCUT2D eigenvalue weighted by molar-refractivity contribution is -0.122. The van der Waals surface area contributed by atoms with Crippen molar-refractivity contribution >= 4 is 41.0 Å². The van der Waals surface area contributed by atoms with E-state index in [1.165, 1.54) is 4.90 Å². The molecular weight excluding hydrogens is 438 g/mol. The first-order chi connectivity index (χ1) is 16.1. The third-order valence-corrected chi connectivity index (χ3v) is 6.71. The number of carbonyl (C=O) groups is 2. The lowest BCUT2D eigenvalue weighted by Gasteiger charge is -2.24. The Balaban J connectivity index is 1.42. The molecule has 2 aromatic carbocycles. The van der Waals surface area contributed by atoms with Crippen molar-refractivity contribution in [2.75, 3.05) is 10.2 Å². The molecule has 3 aromatic rings. The van der Waals surface area contributed by atoms with Crippen LogP contribution in [0.1, 0.15) is 30.0 Å². The number of amides is 2. The second-order valence-corrected chi connectivity index (χ2v) is 8.85. The van der Waals surface area contributed by atoms with Crippen molar-refractivity contribution in [3.05, 3.63) is 89.0 Å². The van der Waals surface area contributed by atoms with E-state index >= 15 is 0 Å². The van der Waals surface area contributed by atoms with Gasteiger partial charge in [-0.15, -0.1) is 5.10 Å². The zero-order valence-electron chi connectivity index (χ0n) is 17.6. The molecule has 3 aliphatic rings. The number of halogens is 1. The van der Waals surface area contributed by atoms with Crippen molar-refractivity contribution < 1.29 is 9.59 Å². The van der Waals surface area contributed by atoms with Crippen molar-refractivity contribution in [3.8, 4) is 0 Å². The summed E-state index contributed by atoms with van der Waals surface area (Å²) >= 11 is 6.07. The SMILES string of the molecule is O=C1[C@@H]2CC=CC[C@H]2C(=O)N1c1nc2n(n1)[C@H](c1ccccc1)C=C(c1ccc(Cl)cc1)N2. The Kier molecular flexibility index (Phi) is 4.66. The Morgan fingerprint density at radius 1 is 0.909 bits per heavy atom. The molecule has 0 unspecified atom stereocenters. The largest absolute Gasteiger partial charge is 0.324 e. The summed E-state index contributed by atoms with van der Waals surface area (Å²) in [7, 11) is 0. The third-order valence-electron chi connectivity index (χ3n) is 6.46. The summed E-state index contributed by atoms with van der Waals surface area (Å²) < 4.78 is 1.73. The van der Waals surface area contributed by atoms with E-state index in [1.807, 2.05) is 66.7 Å². The highest BCUT2D eigenvalue weighted by atomic mass is 35.5. The fourth-order valence-corrected chi connectivity index (χ4v) is 4.89. The molecule has 1 N–H and O–H groups in total. The molecule has 3 heterocycles. The lowest BCUT2D eigenvalue weighted by atomic mass is 9.85. The fraction of sp³-hybridized carbons (Fsp3) is 0.200. The average molecular weight is 458 g/mol. The molecule has 1 aromatic heterocycles. The minimum Gasteiger partial charge on any atom is -0.324 e. The van der Waals surface area contributed by atoms with Crippen LogP contribution in [0.15, 0.2) is 72.8 Å². The smallest absolute Gasteiger partial charge is 0.260 e. The van der Waals surface area contributed by atoms with Gasteiger partial charge in [0.1, 0.15) is 6.04 Å². The van der Waals surface area contributed by atoms with Crippen LogP contribution in [0.3, 0.4) is 0 Å². The highest BCUT2D eigenvalue weighted by Crippen LogP contribution is 2.39. The van der Waals surface area contributed by atoms with E-state index in [2.05, 4.69) is 21.5 Å². The van der Waals surface area contributed by atoms with Crippen LogP contribution in [0.4, 0.5) is 11.9 Å². The fourth-order valence-electron chi connectivity index (χ4n) is 4.76. The molecule has 2 aliphatic heterocycles. The number of nitrogens with one attached hydrogen (secondary N) is 1. The molecule has 2 amide bonds. The number of carbonyl (C=O) groups excluding carboxylic acids is 2. The molecule has 0 spiro atoms. The number of hydrogen-bond acceptors (Lipinski definition) is 5. The van der Waals surface area contributed by atoms with Crippen molar-refractivity contribution in [2.45, 2.75) is 18.9 Å². The maximum atomic E-state index is 13.1. The van der Waals surface area contributed by atoms with E-state index < -0.39 is 0 Å². The highest BCUT2D eigenvalue weighted by molar-refractivity contribution is 6.30. The van der Waals surface area contributed by atoms with E-state index in [9.17, 15) is 9.59 Å². The number of aromatic nitrogens is 3. The molecule has 1 aliphatic carbocycles. The summed E-state index contributed by atoms with van der Waals surface area (Å²) in [5.74, 6) is -0.514. The molecule has 0 saturated carbocycles. The van der Waals surface area contributed by atoms with Crippen LogP contribution >= 0.6 is 11.6 Å². The molecule has 7 nitrogen and oxygen atoms in total. The van der Waals surface area contributed by atoms with Gasteiger partial charge in [-0.3, -0.25) is 9.59 Å². The number of imide groups is 1. The molecule has 0 radical (unpaired) electrons. The van der Waals surface area contributed by atoms with Gasteiger partial charge < -0.3 is 5.32 Å². The van der Waals surface area contributed by atoms with Crippen molar-refractivity contribution in [1.82, 2.24) is 14.8 Å². The number of rotatable bonds is 3. The van der Waals surface area contributed by atoms with E-state index in [4.69, 9.17) is 11.6 Å². The Morgan fingerprint density at radius 2 is 1.58 bits per heavy atom. The maximum Gasteiger partial charge on any atom is 0.260 e. The number of allylic oxidation sites excluding steroid dienone is 3. The van der Waals surface area contributed by atoms with Crippen LogP contribution in [0.25, 0.3) is 5.70 Å². The average Bonchev–Trinajstić information content (AvgIpc) is 3.38. The van der Waals surface area contributed by atoms with Gasteiger partial charge in [-0.2, -0.15) is 4.98 Å². The minimum absolute atomic E-state index is 0.119. The zero-order chi connectivity index (χ0) is 22.5. The molecule has 1 fully saturated rings. The highest BCUT2D eigenvalue weighted by Gasteiger charge is 2.49. The number of nitrogens with zero attached hydrogens (tertiary/aromatic N) is 4. The molecule has 8 heteroatoms. The minimum atomic E-state index is -0.330. The van der Waals surface area contributed by atoms with Crippen molar-refractivity contribution in [3.63, 3.8) is 0 Å². The van der Waals surface area contributed by atoms with Crippen LogP contribution in [-0.4, -0.2) is 26.6 Å². The van der Waals surface area contributed by atoms with Gasteiger partial charge in [0, 0.05) is 10.7 Å². The van der Waals surface area contributed by atoms with Gasteiger partial charge in [0.2, 0.25) is 17.8 Å². The predicted molar refractivity (Wildman–Crippen MR) is 126 cm³/mol. The Hall–Kier alpha value is -3.71. The van der Waals surface area contributed by atoms with Crippen LogP contribution in [-0.2, 0) is 9.59 Å². The Labute approximate surface area is 195 Å².